The number of carboxylic acids is 3. The number of carbonyl (C=O) groups is 9. The SMILES string of the molecule is CC[C@H](C)[C@H](NC(=O)[C@H](CC(=O)O)NC(=O)[C@H](CO)NC(=O)[C@@H](N)CC(=O)O)C(=O)N[C@@H](Cc1ccc(O)cc1)C(=O)N[C@@H](CC(C)C)C(=O)N[C@@H](CC(C)C)C(=O)O. The van der Waals surface area contributed by atoms with Crippen molar-refractivity contribution < 1.29 is 68.7 Å². The first-order valence-electron chi connectivity index (χ1n) is 19.1. The largest absolute Gasteiger partial charge is 0.508 e. The van der Waals surface area contributed by atoms with Crippen molar-refractivity contribution >= 4 is 53.4 Å². The highest BCUT2D eigenvalue weighted by atomic mass is 16.4. The van der Waals surface area contributed by atoms with E-state index in [0.717, 1.165) is 0 Å². The maximum absolute atomic E-state index is 14.0. The first-order valence-corrected chi connectivity index (χ1v) is 19.1. The van der Waals surface area contributed by atoms with Gasteiger partial charge in [-0.1, -0.05) is 60.1 Å². The van der Waals surface area contributed by atoms with Crippen LogP contribution >= 0.6 is 0 Å². The van der Waals surface area contributed by atoms with Gasteiger partial charge in [0.15, 0.2) is 0 Å². The van der Waals surface area contributed by atoms with E-state index < -0.39 is 121 Å². The first kappa shape index (κ1) is 51.2. The molecule has 0 bridgehead atoms. The molecule has 0 unspecified atom stereocenters. The Balaban J connectivity index is 3.46. The molecule has 59 heavy (non-hydrogen) atoms. The van der Waals surface area contributed by atoms with Crippen molar-refractivity contribution in [2.24, 2.45) is 23.5 Å². The van der Waals surface area contributed by atoms with Crippen LogP contribution in [0.4, 0.5) is 0 Å². The van der Waals surface area contributed by atoms with Gasteiger partial charge in [0.1, 0.15) is 42.0 Å². The topological polar surface area (TPSA) is 353 Å². The fraction of sp³-hybridized carbons (Fsp3) is 0.605. The number of rotatable bonds is 26. The average Bonchev–Trinajstić information content (AvgIpc) is 3.13. The summed E-state index contributed by atoms with van der Waals surface area (Å²) in [7, 11) is 0. The number of hydrogen-bond acceptors (Lipinski definition) is 12. The summed E-state index contributed by atoms with van der Waals surface area (Å²) < 4.78 is 0. The predicted octanol–water partition coefficient (Wildman–Crippen LogP) is -1.66. The zero-order valence-corrected chi connectivity index (χ0v) is 34.0. The Bertz CT molecular complexity index is 1640. The van der Waals surface area contributed by atoms with Crippen LogP contribution in [0.15, 0.2) is 24.3 Å². The number of phenols is 1. The van der Waals surface area contributed by atoms with Gasteiger partial charge in [0.25, 0.3) is 0 Å². The Labute approximate surface area is 341 Å². The number of nitrogens with one attached hydrogen (secondary N) is 6. The number of aromatic hydroxyl groups is 1. The summed E-state index contributed by atoms with van der Waals surface area (Å²) in [5.74, 6) is -11.3. The molecule has 0 fully saturated rings. The minimum absolute atomic E-state index is 0.0844. The average molecular weight is 838 g/mol. The van der Waals surface area contributed by atoms with E-state index in [0.29, 0.717) is 5.56 Å². The van der Waals surface area contributed by atoms with Crippen LogP contribution in [0.25, 0.3) is 0 Å². The number of aliphatic hydroxyl groups is 1. The number of aliphatic carboxylic acids is 3. The molecular formula is C38H59N7O14. The molecule has 8 atom stereocenters. The highest BCUT2D eigenvalue weighted by molar-refractivity contribution is 5.98. The molecule has 0 aliphatic rings. The smallest absolute Gasteiger partial charge is 0.326 e. The first-order chi connectivity index (χ1) is 27.5. The summed E-state index contributed by atoms with van der Waals surface area (Å²) in [4.78, 5) is 115. The van der Waals surface area contributed by atoms with Gasteiger partial charge in [0.05, 0.1) is 25.5 Å². The van der Waals surface area contributed by atoms with Gasteiger partial charge in [0.2, 0.25) is 35.4 Å². The molecule has 0 heterocycles. The minimum Gasteiger partial charge on any atom is -0.508 e. The lowest BCUT2D eigenvalue weighted by Gasteiger charge is -2.29. The van der Waals surface area contributed by atoms with E-state index in [1.807, 2.05) is 5.32 Å². The van der Waals surface area contributed by atoms with Gasteiger partial charge in [-0.2, -0.15) is 0 Å². The lowest BCUT2D eigenvalue weighted by atomic mass is 9.96. The van der Waals surface area contributed by atoms with E-state index in [1.165, 1.54) is 24.3 Å². The minimum atomic E-state index is -1.88. The molecule has 0 aliphatic carbocycles. The highest BCUT2D eigenvalue weighted by Crippen LogP contribution is 2.15. The number of phenolic OH excluding ortho intramolecular Hbond substituents is 1. The third kappa shape index (κ3) is 18.5. The molecule has 330 valence electrons. The van der Waals surface area contributed by atoms with Crippen molar-refractivity contribution in [2.45, 2.75) is 122 Å². The standard InChI is InChI=1S/C38H59N7O14/c1-7-20(6)31(45-35(55)26(16-30(50)51)41-36(56)28(17-46)44-32(52)23(39)15-29(48)49)37(57)42-25(14-21-8-10-22(47)11-9-21)34(54)40-24(12-18(2)3)33(53)43-27(38(58)59)13-19(4)5/h8-11,18-20,23-28,31,46-47H,7,12-17,39H2,1-6H3,(H,40,54)(H,41,56)(H,42,57)(H,43,53)(H,44,52)(H,45,55)(H,48,49)(H,50,51)(H,58,59)/t20-,23-,24-,25-,26-,27-,28-,31-/m0/s1. The van der Waals surface area contributed by atoms with Crippen molar-refractivity contribution in [1.29, 1.82) is 0 Å². The number of aliphatic hydroxyl groups excluding tert-OH is 1. The second-order valence-electron chi connectivity index (χ2n) is 15.1. The second kappa shape index (κ2) is 24.8. The molecular weight excluding hydrogens is 778 g/mol. The molecule has 21 heteroatoms. The summed E-state index contributed by atoms with van der Waals surface area (Å²) in [6.45, 7) is 9.31. The van der Waals surface area contributed by atoms with E-state index in [9.17, 15) is 63.6 Å². The fourth-order valence-corrected chi connectivity index (χ4v) is 5.64. The van der Waals surface area contributed by atoms with Crippen molar-refractivity contribution in [3.8, 4) is 5.75 Å². The molecule has 13 N–H and O–H groups in total. The Morgan fingerprint density at radius 1 is 0.576 bits per heavy atom. The molecule has 0 aliphatic heterocycles. The number of benzene rings is 1. The quantitative estimate of drug-likeness (QED) is 0.0497. The van der Waals surface area contributed by atoms with E-state index in [1.54, 1.807) is 41.5 Å². The molecule has 21 nitrogen and oxygen atoms in total. The summed E-state index contributed by atoms with van der Waals surface area (Å²) >= 11 is 0. The van der Waals surface area contributed by atoms with Crippen LogP contribution in [0.3, 0.4) is 0 Å². The van der Waals surface area contributed by atoms with Gasteiger partial charge >= 0.3 is 17.9 Å². The third-order valence-corrected chi connectivity index (χ3v) is 9.02. The van der Waals surface area contributed by atoms with E-state index in [2.05, 4.69) is 26.6 Å². The predicted molar refractivity (Wildman–Crippen MR) is 209 cm³/mol. The van der Waals surface area contributed by atoms with Crippen LogP contribution in [0.1, 0.15) is 79.2 Å². The molecule has 0 aromatic heterocycles. The van der Waals surface area contributed by atoms with Crippen LogP contribution in [0.2, 0.25) is 0 Å². The molecule has 6 amide bonds. The fourth-order valence-electron chi connectivity index (χ4n) is 5.64. The number of amides is 6. The summed E-state index contributed by atoms with van der Waals surface area (Å²) in [6, 6.07) is -4.98. The molecule has 1 rings (SSSR count). The van der Waals surface area contributed by atoms with Gasteiger partial charge in [-0.3, -0.25) is 38.4 Å². The van der Waals surface area contributed by atoms with Crippen molar-refractivity contribution in [1.82, 2.24) is 31.9 Å². The molecule has 0 spiro atoms. The normalized spacial score (nSPS) is 15.2. The summed E-state index contributed by atoms with van der Waals surface area (Å²) in [5.41, 5.74) is 5.96. The number of carboxylic acid groups (broad SMARTS) is 3. The number of hydrogen-bond donors (Lipinski definition) is 12. The summed E-state index contributed by atoms with van der Waals surface area (Å²) in [5, 5.41) is 61.9. The maximum Gasteiger partial charge on any atom is 0.326 e. The van der Waals surface area contributed by atoms with Gasteiger partial charge in [0, 0.05) is 6.42 Å². The Morgan fingerprint density at radius 2 is 1.02 bits per heavy atom. The number of carbonyl (C=O) groups excluding carboxylic acids is 6. The lowest BCUT2D eigenvalue weighted by Crippen LogP contribution is -2.61. The van der Waals surface area contributed by atoms with Crippen LogP contribution < -0.4 is 37.6 Å². The van der Waals surface area contributed by atoms with E-state index >= 15 is 0 Å². The van der Waals surface area contributed by atoms with Gasteiger partial charge in [-0.15, -0.1) is 0 Å². The zero-order valence-electron chi connectivity index (χ0n) is 34.0. The lowest BCUT2D eigenvalue weighted by molar-refractivity contribution is -0.143. The Hall–Kier alpha value is -5.83. The van der Waals surface area contributed by atoms with E-state index in [-0.39, 0.29) is 43.3 Å². The highest BCUT2D eigenvalue weighted by Gasteiger charge is 2.36. The van der Waals surface area contributed by atoms with Gasteiger partial charge in [-0.25, -0.2) is 4.79 Å². The molecule has 0 saturated heterocycles. The number of nitrogens with two attached hydrogens (primary N) is 1. The molecule has 1 aromatic carbocycles. The summed E-state index contributed by atoms with van der Waals surface area (Å²) in [6.07, 6.45) is -1.57. The maximum atomic E-state index is 14.0. The van der Waals surface area contributed by atoms with Crippen LogP contribution in [-0.4, -0.2) is 128 Å². The van der Waals surface area contributed by atoms with Crippen LogP contribution in [-0.2, 0) is 49.6 Å². The van der Waals surface area contributed by atoms with Crippen molar-refractivity contribution in [2.75, 3.05) is 6.61 Å². The van der Waals surface area contributed by atoms with Crippen molar-refractivity contribution in [3.05, 3.63) is 29.8 Å². The molecule has 0 radical (unpaired) electrons. The van der Waals surface area contributed by atoms with Crippen molar-refractivity contribution in [3.63, 3.8) is 0 Å². The van der Waals surface area contributed by atoms with Gasteiger partial charge < -0.3 is 63.2 Å². The Kier molecular flexibility index (Phi) is 21.5. The monoisotopic (exact) mass is 837 g/mol. The van der Waals surface area contributed by atoms with Crippen LogP contribution in [0.5, 0.6) is 5.75 Å². The zero-order chi connectivity index (χ0) is 45.1. The van der Waals surface area contributed by atoms with E-state index in [4.69, 9.17) is 10.8 Å². The second-order valence-corrected chi connectivity index (χ2v) is 15.1. The molecule has 1 aromatic rings. The van der Waals surface area contributed by atoms with Gasteiger partial charge in [-0.05, 0) is 48.3 Å². The Morgan fingerprint density at radius 3 is 1.51 bits per heavy atom. The third-order valence-electron chi connectivity index (χ3n) is 9.02. The van der Waals surface area contributed by atoms with Crippen LogP contribution in [0, 0.1) is 17.8 Å². The molecule has 0 saturated carbocycles.